The Hall–Kier alpha value is -1.33. The molecule has 0 aliphatic carbocycles. The van der Waals surface area contributed by atoms with E-state index in [2.05, 4.69) is 11.3 Å². The van der Waals surface area contributed by atoms with Gasteiger partial charge in [-0.25, -0.2) is 13.1 Å². The van der Waals surface area contributed by atoms with Gasteiger partial charge >= 0.3 is 0 Å². The van der Waals surface area contributed by atoms with Crippen molar-refractivity contribution in [3.63, 3.8) is 0 Å². The second kappa shape index (κ2) is 5.14. The minimum atomic E-state index is -3.47. The molecule has 3 N–H and O–H groups in total. The van der Waals surface area contributed by atoms with E-state index in [1.54, 1.807) is 12.1 Å². The Morgan fingerprint density at radius 3 is 2.69 bits per heavy atom. The molecule has 0 bridgehead atoms. The molecule has 0 aliphatic rings. The Balaban J connectivity index is 3.05. The van der Waals surface area contributed by atoms with E-state index in [4.69, 9.17) is 5.73 Å². The fraction of sp³-hybridized carbons (Fsp3) is 0.273. The summed E-state index contributed by atoms with van der Waals surface area (Å²) in [7, 11) is -3.47. The Morgan fingerprint density at radius 1 is 1.50 bits per heavy atom. The van der Waals surface area contributed by atoms with Gasteiger partial charge in [0.15, 0.2) is 0 Å². The molecule has 0 heterocycles. The Kier molecular flexibility index (Phi) is 4.09. The molecule has 4 nitrogen and oxygen atoms in total. The Labute approximate surface area is 96.2 Å². The minimum absolute atomic E-state index is 0.184. The normalized spacial score (nSPS) is 11.3. The van der Waals surface area contributed by atoms with Crippen molar-refractivity contribution in [2.45, 2.75) is 18.2 Å². The van der Waals surface area contributed by atoms with E-state index in [0.29, 0.717) is 5.69 Å². The highest BCUT2D eigenvalue weighted by molar-refractivity contribution is 7.89. The van der Waals surface area contributed by atoms with E-state index in [9.17, 15) is 8.42 Å². The minimum Gasteiger partial charge on any atom is -0.398 e. The number of nitrogens with one attached hydrogen (secondary N) is 1. The van der Waals surface area contributed by atoms with Crippen LogP contribution in [-0.4, -0.2) is 15.0 Å². The lowest BCUT2D eigenvalue weighted by Gasteiger charge is -2.08. The average molecular weight is 240 g/mol. The lowest BCUT2D eigenvalue weighted by molar-refractivity contribution is 0.585. The zero-order valence-corrected chi connectivity index (χ0v) is 10.0. The molecular weight excluding hydrogens is 224 g/mol. The van der Waals surface area contributed by atoms with Gasteiger partial charge in [-0.3, -0.25) is 0 Å². The number of nitrogens with two attached hydrogens (primary N) is 1. The molecule has 1 aromatic rings. The topological polar surface area (TPSA) is 72.2 Å². The SMILES string of the molecule is C=CCNS(=O)(=O)c1ccc(CC)c(N)c1. The van der Waals surface area contributed by atoms with E-state index < -0.39 is 10.0 Å². The standard InChI is InChI=1S/C11H16N2O2S/c1-3-7-13-16(14,15)10-6-5-9(4-2)11(12)8-10/h3,5-6,8,13H,1,4,7,12H2,2H3. The molecule has 5 heteroatoms. The van der Waals surface area contributed by atoms with Gasteiger partial charge < -0.3 is 5.73 Å². The molecule has 1 aromatic carbocycles. The first-order valence-corrected chi connectivity index (χ1v) is 6.48. The molecule has 0 saturated heterocycles. The number of anilines is 1. The number of aryl methyl sites for hydroxylation is 1. The van der Waals surface area contributed by atoms with Crippen molar-refractivity contribution in [2.75, 3.05) is 12.3 Å². The molecule has 88 valence electrons. The highest BCUT2D eigenvalue weighted by atomic mass is 32.2. The molecule has 0 aliphatic heterocycles. The van der Waals surface area contributed by atoms with Crippen molar-refractivity contribution >= 4 is 15.7 Å². The first kappa shape index (κ1) is 12.7. The lowest BCUT2D eigenvalue weighted by atomic mass is 10.1. The van der Waals surface area contributed by atoms with Crippen LogP contribution < -0.4 is 10.5 Å². The van der Waals surface area contributed by atoms with Gasteiger partial charge in [-0.1, -0.05) is 19.1 Å². The van der Waals surface area contributed by atoms with Gasteiger partial charge in [-0.15, -0.1) is 6.58 Å². The molecular formula is C11H16N2O2S. The number of benzene rings is 1. The molecule has 1 rings (SSSR count). The van der Waals surface area contributed by atoms with Gasteiger partial charge in [-0.05, 0) is 24.1 Å². The predicted octanol–water partition coefficient (Wildman–Crippen LogP) is 1.30. The van der Waals surface area contributed by atoms with Crippen molar-refractivity contribution in [1.29, 1.82) is 0 Å². The summed E-state index contributed by atoms with van der Waals surface area (Å²) in [5, 5.41) is 0. The van der Waals surface area contributed by atoms with Crippen LogP contribution in [0.5, 0.6) is 0 Å². The number of hydrogen-bond acceptors (Lipinski definition) is 3. The van der Waals surface area contributed by atoms with Crippen molar-refractivity contribution in [3.05, 3.63) is 36.4 Å². The monoisotopic (exact) mass is 240 g/mol. The molecule has 0 spiro atoms. The number of hydrogen-bond donors (Lipinski definition) is 2. The predicted molar refractivity (Wildman–Crippen MR) is 65.6 cm³/mol. The summed E-state index contributed by atoms with van der Waals surface area (Å²) in [6, 6.07) is 4.77. The largest absolute Gasteiger partial charge is 0.398 e. The van der Waals surface area contributed by atoms with Crippen LogP contribution in [0.2, 0.25) is 0 Å². The smallest absolute Gasteiger partial charge is 0.240 e. The lowest BCUT2D eigenvalue weighted by Crippen LogP contribution is -2.23. The molecule has 0 atom stereocenters. The Morgan fingerprint density at radius 2 is 2.19 bits per heavy atom. The van der Waals surface area contributed by atoms with Crippen LogP contribution in [0.1, 0.15) is 12.5 Å². The average Bonchev–Trinajstić information content (AvgIpc) is 2.26. The van der Waals surface area contributed by atoms with Crippen molar-refractivity contribution < 1.29 is 8.42 Å². The highest BCUT2D eigenvalue weighted by Gasteiger charge is 2.13. The zero-order chi connectivity index (χ0) is 12.2. The van der Waals surface area contributed by atoms with Gasteiger partial charge in [0.25, 0.3) is 0 Å². The molecule has 0 fully saturated rings. The van der Waals surface area contributed by atoms with E-state index in [-0.39, 0.29) is 11.4 Å². The maximum atomic E-state index is 11.7. The summed E-state index contributed by atoms with van der Waals surface area (Å²) in [4.78, 5) is 0.184. The van der Waals surface area contributed by atoms with Crippen molar-refractivity contribution in [3.8, 4) is 0 Å². The van der Waals surface area contributed by atoms with Crippen LogP contribution in [-0.2, 0) is 16.4 Å². The van der Waals surface area contributed by atoms with E-state index in [0.717, 1.165) is 12.0 Å². The van der Waals surface area contributed by atoms with Gasteiger partial charge in [0.05, 0.1) is 4.90 Å². The first-order valence-electron chi connectivity index (χ1n) is 5.00. The number of rotatable bonds is 5. The molecule has 0 saturated carbocycles. The Bertz CT molecular complexity index is 481. The highest BCUT2D eigenvalue weighted by Crippen LogP contribution is 2.18. The van der Waals surface area contributed by atoms with Crippen LogP contribution in [0.4, 0.5) is 5.69 Å². The van der Waals surface area contributed by atoms with Crippen LogP contribution >= 0.6 is 0 Å². The fourth-order valence-electron chi connectivity index (χ4n) is 1.31. The second-order valence-corrected chi connectivity index (χ2v) is 5.12. The van der Waals surface area contributed by atoms with Crippen molar-refractivity contribution in [2.24, 2.45) is 0 Å². The third kappa shape index (κ3) is 2.84. The second-order valence-electron chi connectivity index (χ2n) is 3.35. The van der Waals surface area contributed by atoms with E-state index >= 15 is 0 Å². The molecule has 0 unspecified atom stereocenters. The number of nitrogen functional groups attached to an aromatic ring is 1. The summed E-state index contributed by atoms with van der Waals surface area (Å²) in [6.07, 6.45) is 2.27. The maximum absolute atomic E-state index is 11.7. The van der Waals surface area contributed by atoms with Gasteiger partial charge in [0.1, 0.15) is 0 Å². The summed E-state index contributed by atoms with van der Waals surface area (Å²) >= 11 is 0. The summed E-state index contributed by atoms with van der Waals surface area (Å²) in [6.45, 7) is 5.62. The molecule has 0 radical (unpaired) electrons. The van der Waals surface area contributed by atoms with Gasteiger partial charge in [0, 0.05) is 12.2 Å². The number of sulfonamides is 1. The molecule has 16 heavy (non-hydrogen) atoms. The van der Waals surface area contributed by atoms with Gasteiger partial charge in [0.2, 0.25) is 10.0 Å². The van der Waals surface area contributed by atoms with Crippen molar-refractivity contribution in [1.82, 2.24) is 4.72 Å². The van der Waals surface area contributed by atoms with E-state index in [1.807, 2.05) is 6.92 Å². The quantitative estimate of drug-likeness (QED) is 0.602. The first-order chi connectivity index (χ1) is 7.51. The fourth-order valence-corrected chi connectivity index (χ4v) is 2.35. The van der Waals surface area contributed by atoms with Crippen LogP contribution in [0.3, 0.4) is 0 Å². The summed E-state index contributed by atoms with van der Waals surface area (Å²) in [5.41, 5.74) is 7.20. The van der Waals surface area contributed by atoms with Crippen LogP contribution in [0, 0.1) is 0 Å². The van der Waals surface area contributed by atoms with Crippen LogP contribution in [0.15, 0.2) is 35.7 Å². The summed E-state index contributed by atoms with van der Waals surface area (Å²) < 4.78 is 25.8. The molecule has 0 aromatic heterocycles. The van der Waals surface area contributed by atoms with Crippen LogP contribution in [0.25, 0.3) is 0 Å². The molecule has 0 amide bonds. The van der Waals surface area contributed by atoms with Gasteiger partial charge in [-0.2, -0.15) is 0 Å². The third-order valence-corrected chi connectivity index (χ3v) is 3.65. The third-order valence-electron chi connectivity index (χ3n) is 2.23. The summed E-state index contributed by atoms with van der Waals surface area (Å²) in [5.74, 6) is 0. The maximum Gasteiger partial charge on any atom is 0.240 e. The zero-order valence-electron chi connectivity index (χ0n) is 9.23. The van der Waals surface area contributed by atoms with E-state index in [1.165, 1.54) is 12.1 Å².